The Kier molecular flexibility index (Phi) is 6.20. The SMILES string of the molecule is Cc1cc(Br)ccc1NC(=O)CN(C)CC(=O)N[C@@](C)(C#N)C1CC1. The summed E-state index contributed by atoms with van der Waals surface area (Å²) in [6.07, 6.45) is 1.93. The van der Waals surface area contributed by atoms with Crippen LogP contribution in [-0.4, -0.2) is 42.4 Å². The molecule has 1 saturated carbocycles. The van der Waals surface area contributed by atoms with E-state index in [1.807, 2.05) is 25.1 Å². The normalized spacial score (nSPS) is 16.0. The molecule has 2 N–H and O–H groups in total. The summed E-state index contributed by atoms with van der Waals surface area (Å²) in [5.74, 6) is -0.201. The lowest BCUT2D eigenvalue weighted by molar-refractivity contribution is -0.124. The molecule has 0 saturated heterocycles. The standard InChI is InChI=1S/C18H23BrN4O2/c1-12-8-14(19)6-7-15(12)21-16(24)9-23(3)10-17(25)22-18(2,11-20)13-4-5-13/h6-8,13H,4-5,9-10H2,1-3H3,(H,21,24)(H,22,25)/t18-/m0/s1. The second kappa shape index (κ2) is 7.98. The molecule has 1 atom stereocenters. The first-order valence-corrected chi connectivity index (χ1v) is 8.99. The van der Waals surface area contributed by atoms with Crippen LogP contribution in [0.5, 0.6) is 0 Å². The van der Waals surface area contributed by atoms with Crippen LogP contribution in [0.25, 0.3) is 0 Å². The molecule has 0 heterocycles. The molecule has 0 unspecified atom stereocenters. The predicted octanol–water partition coefficient (Wildman–Crippen LogP) is 2.44. The monoisotopic (exact) mass is 406 g/mol. The third kappa shape index (κ3) is 5.55. The zero-order valence-electron chi connectivity index (χ0n) is 14.7. The van der Waals surface area contributed by atoms with E-state index in [-0.39, 0.29) is 30.8 Å². The molecular formula is C18H23BrN4O2. The van der Waals surface area contributed by atoms with Crippen LogP contribution in [-0.2, 0) is 9.59 Å². The van der Waals surface area contributed by atoms with Gasteiger partial charge < -0.3 is 10.6 Å². The van der Waals surface area contributed by atoms with Crippen LogP contribution in [0.1, 0.15) is 25.3 Å². The Balaban J connectivity index is 1.82. The summed E-state index contributed by atoms with van der Waals surface area (Å²) in [4.78, 5) is 25.9. The maximum Gasteiger partial charge on any atom is 0.238 e. The average molecular weight is 407 g/mol. The number of carbonyl (C=O) groups is 2. The quantitative estimate of drug-likeness (QED) is 0.727. The van der Waals surface area contributed by atoms with Crippen molar-refractivity contribution in [2.45, 2.75) is 32.2 Å². The van der Waals surface area contributed by atoms with Crippen molar-refractivity contribution in [3.05, 3.63) is 28.2 Å². The Morgan fingerprint density at radius 2 is 2.00 bits per heavy atom. The fourth-order valence-electron chi connectivity index (χ4n) is 2.71. The summed E-state index contributed by atoms with van der Waals surface area (Å²) in [6, 6.07) is 7.81. The lowest BCUT2D eigenvalue weighted by atomic mass is 9.98. The van der Waals surface area contributed by atoms with Gasteiger partial charge in [0.1, 0.15) is 5.54 Å². The number of hydrogen-bond donors (Lipinski definition) is 2. The van der Waals surface area contributed by atoms with Crippen LogP contribution in [0.4, 0.5) is 5.69 Å². The van der Waals surface area contributed by atoms with Crippen molar-refractivity contribution >= 4 is 33.4 Å². The minimum absolute atomic E-state index is 0.0662. The van der Waals surface area contributed by atoms with Crippen LogP contribution >= 0.6 is 15.9 Å². The highest BCUT2D eigenvalue weighted by molar-refractivity contribution is 9.10. The summed E-state index contributed by atoms with van der Waals surface area (Å²) in [5.41, 5.74) is 0.892. The number of hydrogen-bond acceptors (Lipinski definition) is 4. The molecule has 6 nitrogen and oxygen atoms in total. The summed E-state index contributed by atoms with van der Waals surface area (Å²) >= 11 is 3.39. The van der Waals surface area contributed by atoms with Gasteiger partial charge in [0, 0.05) is 10.2 Å². The third-order valence-electron chi connectivity index (χ3n) is 4.31. The first-order valence-electron chi connectivity index (χ1n) is 8.20. The number of nitrogens with zero attached hydrogens (tertiary/aromatic N) is 2. The number of amides is 2. The van der Waals surface area contributed by atoms with Gasteiger partial charge >= 0.3 is 0 Å². The number of likely N-dealkylation sites (N-methyl/N-ethyl adjacent to an activating group) is 1. The minimum Gasteiger partial charge on any atom is -0.337 e. The van der Waals surface area contributed by atoms with Gasteiger partial charge in [-0.15, -0.1) is 0 Å². The molecule has 0 spiro atoms. The van der Waals surface area contributed by atoms with Crippen molar-refractivity contribution in [2.24, 2.45) is 5.92 Å². The van der Waals surface area contributed by atoms with Gasteiger partial charge in [-0.2, -0.15) is 5.26 Å². The van der Waals surface area contributed by atoms with Crippen LogP contribution in [0.2, 0.25) is 0 Å². The number of halogens is 1. The molecule has 2 rings (SSSR count). The largest absolute Gasteiger partial charge is 0.337 e. The topological polar surface area (TPSA) is 85.2 Å². The third-order valence-corrected chi connectivity index (χ3v) is 4.81. The molecule has 1 aliphatic rings. The fourth-order valence-corrected chi connectivity index (χ4v) is 3.19. The fraction of sp³-hybridized carbons (Fsp3) is 0.500. The molecule has 0 aliphatic heterocycles. The van der Waals surface area contributed by atoms with Gasteiger partial charge in [0.2, 0.25) is 11.8 Å². The van der Waals surface area contributed by atoms with Crippen LogP contribution in [0.3, 0.4) is 0 Å². The zero-order chi connectivity index (χ0) is 18.6. The molecule has 0 radical (unpaired) electrons. The van der Waals surface area contributed by atoms with E-state index in [1.165, 1.54) is 0 Å². The van der Waals surface area contributed by atoms with Crippen molar-refractivity contribution < 1.29 is 9.59 Å². The molecular weight excluding hydrogens is 384 g/mol. The smallest absolute Gasteiger partial charge is 0.238 e. The van der Waals surface area contributed by atoms with Gasteiger partial charge in [0.15, 0.2) is 0 Å². The molecule has 7 heteroatoms. The molecule has 134 valence electrons. The Morgan fingerprint density at radius 1 is 1.36 bits per heavy atom. The Labute approximate surface area is 156 Å². The Morgan fingerprint density at radius 3 is 2.56 bits per heavy atom. The highest BCUT2D eigenvalue weighted by Gasteiger charge is 2.43. The van der Waals surface area contributed by atoms with Crippen molar-refractivity contribution in [1.82, 2.24) is 10.2 Å². The van der Waals surface area contributed by atoms with Gasteiger partial charge in [0.05, 0.1) is 19.2 Å². The molecule has 0 bridgehead atoms. The van der Waals surface area contributed by atoms with E-state index in [0.717, 1.165) is 28.6 Å². The van der Waals surface area contributed by atoms with Gasteiger partial charge in [-0.25, -0.2) is 0 Å². The maximum atomic E-state index is 12.2. The summed E-state index contributed by atoms with van der Waals surface area (Å²) in [6.45, 7) is 3.83. The van der Waals surface area contributed by atoms with Crippen LogP contribution in [0, 0.1) is 24.2 Å². The van der Waals surface area contributed by atoms with Crippen LogP contribution in [0.15, 0.2) is 22.7 Å². The van der Waals surface area contributed by atoms with E-state index in [2.05, 4.69) is 32.6 Å². The van der Waals surface area contributed by atoms with Crippen molar-refractivity contribution in [1.29, 1.82) is 5.26 Å². The number of rotatable bonds is 7. The van der Waals surface area contributed by atoms with Crippen molar-refractivity contribution in [2.75, 3.05) is 25.5 Å². The second-order valence-corrected chi connectivity index (χ2v) is 7.73. The first kappa shape index (κ1) is 19.4. The van der Waals surface area contributed by atoms with E-state index in [0.29, 0.717) is 0 Å². The summed E-state index contributed by atoms with van der Waals surface area (Å²) in [7, 11) is 1.70. The van der Waals surface area contributed by atoms with Crippen LogP contribution < -0.4 is 10.6 Å². The highest BCUT2D eigenvalue weighted by atomic mass is 79.9. The van der Waals surface area contributed by atoms with Gasteiger partial charge in [-0.05, 0) is 63.4 Å². The summed E-state index contributed by atoms with van der Waals surface area (Å²) < 4.78 is 0.952. The maximum absolute atomic E-state index is 12.2. The van der Waals surface area contributed by atoms with E-state index in [4.69, 9.17) is 0 Å². The molecule has 1 fully saturated rings. The molecule has 1 aliphatic carbocycles. The van der Waals surface area contributed by atoms with E-state index < -0.39 is 5.54 Å². The highest BCUT2D eigenvalue weighted by Crippen LogP contribution is 2.39. The lowest BCUT2D eigenvalue weighted by Gasteiger charge is -2.24. The van der Waals surface area contributed by atoms with E-state index in [9.17, 15) is 14.9 Å². The summed E-state index contributed by atoms with van der Waals surface area (Å²) in [5, 5.41) is 14.9. The number of nitriles is 1. The number of aryl methyl sites for hydroxylation is 1. The molecule has 2 amide bonds. The van der Waals surface area contributed by atoms with Gasteiger partial charge in [0.25, 0.3) is 0 Å². The van der Waals surface area contributed by atoms with E-state index >= 15 is 0 Å². The number of anilines is 1. The second-order valence-electron chi connectivity index (χ2n) is 6.82. The predicted molar refractivity (Wildman–Crippen MR) is 99.9 cm³/mol. The van der Waals surface area contributed by atoms with Gasteiger partial charge in [-0.1, -0.05) is 15.9 Å². The lowest BCUT2D eigenvalue weighted by Crippen LogP contribution is -2.50. The average Bonchev–Trinajstić information content (AvgIpc) is 3.34. The van der Waals surface area contributed by atoms with Crippen molar-refractivity contribution in [3.8, 4) is 6.07 Å². The molecule has 0 aromatic heterocycles. The number of carbonyl (C=O) groups excluding carboxylic acids is 2. The zero-order valence-corrected chi connectivity index (χ0v) is 16.3. The number of nitrogens with one attached hydrogen (secondary N) is 2. The molecule has 1 aromatic rings. The Hall–Kier alpha value is -1.91. The molecule has 25 heavy (non-hydrogen) atoms. The Bertz CT molecular complexity index is 712. The molecule has 1 aromatic carbocycles. The minimum atomic E-state index is -0.811. The first-order chi connectivity index (χ1) is 11.7. The van der Waals surface area contributed by atoms with E-state index in [1.54, 1.807) is 18.9 Å². The van der Waals surface area contributed by atoms with Gasteiger partial charge in [-0.3, -0.25) is 14.5 Å². The number of benzene rings is 1. The van der Waals surface area contributed by atoms with Crippen molar-refractivity contribution in [3.63, 3.8) is 0 Å².